The molecule has 0 bridgehead atoms. The number of rotatable bonds is 6. The van der Waals surface area contributed by atoms with Gasteiger partial charge in [-0.15, -0.1) is 0 Å². The molecule has 0 unspecified atom stereocenters. The Morgan fingerprint density at radius 3 is 1.59 bits per heavy atom. The molecule has 2 aromatic carbocycles. The summed E-state index contributed by atoms with van der Waals surface area (Å²) >= 11 is 0.737. The molecule has 2 aromatic rings. The molecule has 0 aromatic heterocycles. The standard InChI is InChI=1S/C19H24OSe2/c1-13-7-5-9-18(15(13)3)21-11-17(20)12-22-19-10-6-8-14(2)16(19)4/h5-10,17,20H,11-12H2,1-4H3. The molecule has 1 N–H and O–H groups in total. The molecule has 1 nitrogen and oxygen atoms in total. The number of aryl methyl sites for hydroxylation is 2. The fourth-order valence-corrected chi connectivity index (χ4v) is 7.31. The van der Waals surface area contributed by atoms with Gasteiger partial charge in [0.1, 0.15) is 0 Å². The van der Waals surface area contributed by atoms with Crippen LogP contribution in [-0.2, 0) is 0 Å². The van der Waals surface area contributed by atoms with Crippen molar-refractivity contribution in [3.63, 3.8) is 0 Å². The van der Waals surface area contributed by atoms with E-state index >= 15 is 0 Å². The summed E-state index contributed by atoms with van der Waals surface area (Å²) in [6, 6.07) is 13.0. The van der Waals surface area contributed by atoms with Gasteiger partial charge in [-0.2, -0.15) is 0 Å². The molecule has 0 fully saturated rings. The quantitative estimate of drug-likeness (QED) is 0.704. The van der Waals surface area contributed by atoms with E-state index in [4.69, 9.17) is 0 Å². The molecule has 0 spiro atoms. The van der Waals surface area contributed by atoms with Gasteiger partial charge in [0.05, 0.1) is 0 Å². The SMILES string of the molecule is Cc1cccc([Se]CC(O)C[Se]c2cccc(C)c2C)c1C. The van der Waals surface area contributed by atoms with Crippen molar-refractivity contribution in [2.24, 2.45) is 0 Å². The summed E-state index contributed by atoms with van der Waals surface area (Å²) in [5, 5.41) is 12.2. The first-order chi connectivity index (χ1) is 10.5. The first kappa shape index (κ1) is 17.8. The van der Waals surface area contributed by atoms with Crippen LogP contribution in [0.15, 0.2) is 36.4 Å². The number of hydrogen-bond donors (Lipinski definition) is 1. The van der Waals surface area contributed by atoms with Gasteiger partial charge >= 0.3 is 147 Å². The first-order valence-corrected chi connectivity index (χ1v) is 11.7. The Labute approximate surface area is 146 Å². The topological polar surface area (TPSA) is 20.2 Å². The van der Waals surface area contributed by atoms with Crippen molar-refractivity contribution >= 4 is 38.8 Å². The summed E-state index contributed by atoms with van der Waals surface area (Å²) in [7, 11) is 0. The molecule has 3 heteroatoms. The molecule has 0 aliphatic rings. The van der Waals surface area contributed by atoms with Gasteiger partial charge in [0, 0.05) is 0 Å². The van der Waals surface area contributed by atoms with Crippen molar-refractivity contribution < 1.29 is 5.11 Å². The predicted octanol–water partition coefficient (Wildman–Crippen LogP) is 2.48. The molecule has 0 saturated carbocycles. The van der Waals surface area contributed by atoms with Gasteiger partial charge in [-0.3, -0.25) is 0 Å². The molecular weight excluding hydrogens is 402 g/mol. The molecule has 0 radical (unpaired) electrons. The molecule has 0 amide bonds. The van der Waals surface area contributed by atoms with E-state index in [0.717, 1.165) is 10.6 Å². The van der Waals surface area contributed by atoms with Crippen LogP contribution in [0.4, 0.5) is 0 Å². The molecule has 118 valence electrons. The van der Waals surface area contributed by atoms with Gasteiger partial charge in [0.15, 0.2) is 0 Å². The summed E-state index contributed by atoms with van der Waals surface area (Å²) in [6.45, 7) is 8.71. The summed E-state index contributed by atoms with van der Waals surface area (Å²) in [5.74, 6) is 0. The van der Waals surface area contributed by atoms with Crippen LogP contribution in [0.25, 0.3) is 0 Å². The van der Waals surface area contributed by atoms with Crippen LogP contribution < -0.4 is 8.92 Å². The fraction of sp³-hybridized carbons (Fsp3) is 0.368. The number of aliphatic hydroxyl groups is 1. The summed E-state index contributed by atoms with van der Waals surface area (Å²) in [5.41, 5.74) is 5.51. The molecule has 0 heterocycles. The van der Waals surface area contributed by atoms with E-state index in [-0.39, 0.29) is 6.10 Å². The molecule has 0 aliphatic heterocycles. The second kappa shape index (κ2) is 8.34. The Morgan fingerprint density at radius 2 is 1.18 bits per heavy atom. The third kappa shape index (κ3) is 4.72. The molecular formula is C19H24OSe2. The van der Waals surface area contributed by atoms with Crippen LogP contribution in [0.2, 0.25) is 10.6 Å². The second-order valence-corrected chi connectivity index (χ2v) is 10.1. The molecule has 0 aliphatic carbocycles. The van der Waals surface area contributed by atoms with Crippen LogP contribution in [0.3, 0.4) is 0 Å². The van der Waals surface area contributed by atoms with Crippen LogP contribution in [0.1, 0.15) is 22.3 Å². The Kier molecular flexibility index (Phi) is 6.74. The van der Waals surface area contributed by atoms with E-state index < -0.39 is 0 Å². The zero-order valence-corrected chi connectivity index (χ0v) is 17.1. The molecule has 0 atom stereocenters. The van der Waals surface area contributed by atoms with Crippen molar-refractivity contribution in [3.8, 4) is 0 Å². The second-order valence-electron chi connectivity index (χ2n) is 5.67. The van der Waals surface area contributed by atoms with E-state index in [0.29, 0.717) is 29.9 Å². The van der Waals surface area contributed by atoms with E-state index in [1.165, 1.54) is 31.2 Å². The van der Waals surface area contributed by atoms with E-state index in [9.17, 15) is 5.11 Å². The zero-order chi connectivity index (χ0) is 16.1. The average molecular weight is 426 g/mol. The molecule has 2 rings (SSSR count). The average Bonchev–Trinajstić information content (AvgIpc) is 2.50. The fourth-order valence-electron chi connectivity index (χ4n) is 2.18. The third-order valence-electron chi connectivity index (χ3n) is 3.97. The van der Waals surface area contributed by atoms with E-state index in [1.807, 2.05) is 0 Å². The van der Waals surface area contributed by atoms with Crippen molar-refractivity contribution in [1.82, 2.24) is 0 Å². The zero-order valence-electron chi connectivity index (χ0n) is 13.7. The maximum absolute atomic E-state index is 10.3. The third-order valence-corrected chi connectivity index (χ3v) is 9.45. The predicted molar refractivity (Wildman–Crippen MR) is 98.2 cm³/mol. The summed E-state index contributed by atoms with van der Waals surface area (Å²) in [6.07, 6.45) is -0.167. The summed E-state index contributed by atoms with van der Waals surface area (Å²) < 4.78 is 2.87. The van der Waals surface area contributed by atoms with Crippen LogP contribution in [0, 0.1) is 27.7 Å². The van der Waals surface area contributed by atoms with Gasteiger partial charge in [0.25, 0.3) is 0 Å². The maximum atomic E-state index is 10.3. The normalized spacial score (nSPS) is 11.2. The Hall–Kier alpha value is -0.561. The van der Waals surface area contributed by atoms with Crippen molar-refractivity contribution in [3.05, 3.63) is 58.7 Å². The van der Waals surface area contributed by atoms with Crippen LogP contribution in [-0.4, -0.2) is 41.1 Å². The van der Waals surface area contributed by atoms with Gasteiger partial charge in [-0.25, -0.2) is 0 Å². The Balaban J connectivity index is 1.87. The van der Waals surface area contributed by atoms with Crippen LogP contribution in [0.5, 0.6) is 0 Å². The van der Waals surface area contributed by atoms with Crippen molar-refractivity contribution in [1.29, 1.82) is 0 Å². The van der Waals surface area contributed by atoms with Crippen LogP contribution >= 0.6 is 0 Å². The van der Waals surface area contributed by atoms with Crippen molar-refractivity contribution in [2.75, 3.05) is 0 Å². The monoisotopic (exact) mass is 428 g/mol. The summed E-state index contributed by atoms with van der Waals surface area (Å²) in [4.78, 5) is 0. The Bertz CT molecular complexity index is 582. The van der Waals surface area contributed by atoms with Gasteiger partial charge in [-0.1, -0.05) is 0 Å². The van der Waals surface area contributed by atoms with Gasteiger partial charge in [0.2, 0.25) is 0 Å². The van der Waals surface area contributed by atoms with Gasteiger partial charge in [-0.05, 0) is 0 Å². The van der Waals surface area contributed by atoms with Crippen molar-refractivity contribution in [2.45, 2.75) is 44.4 Å². The van der Waals surface area contributed by atoms with E-state index in [2.05, 4.69) is 64.1 Å². The minimum absolute atomic E-state index is 0.167. The Morgan fingerprint density at radius 1 is 0.773 bits per heavy atom. The van der Waals surface area contributed by atoms with Gasteiger partial charge < -0.3 is 0 Å². The molecule has 0 saturated heterocycles. The number of hydrogen-bond acceptors (Lipinski definition) is 1. The molecule has 22 heavy (non-hydrogen) atoms. The minimum atomic E-state index is -0.167. The van der Waals surface area contributed by atoms with E-state index in [1.54, 1.807) is 0 Å². The number of aliphatic hydroxyl groups excluding tert-OH is 1. The first-order valence-electron chi connectivity index (χ1n) is 7.55. The number of benzene rings is 2.